The number of benzene rings is 2. The van der Waals surface area contributed by atoms with Gasteiger partial charge in [0.2, 0.25) is 0 Å². The lowest BCUT2D eigenvalue weighted by Gasteiger charge is -2.27. The second-order valence-corrected chi connectivity index (χ2v) is 8.82. The van der Waals surface area contributed by atoms with Crippen LogP contribution in [0.2, 0.25) is 0 Å². The molecule has 2 aromatic carbocycles. The first-order chi connectivity index (χ1) is 19.4. The van der Waals surface area contributed by atoms with Crippen molar-refractivity contribution in [3.05, 3.63) is 95.7 Å². The molecule has 0 aliphatic heterocycles. The number of carbonyl (C=O) groups excluding carboxylic acids is 1. The molecule has 0 aliphatic carbocycles. The molecule has 0 radical (unpaired) electrons. The molecule has 12 heteroatoms. The number of fused-ring (bicyclic) bond motifs is 1. The van der Waals surface area contributed by atoms with Crippen molar-refractivity contribution >= 4 is 17.1 Å². The van der Waals surface area contributed by atoms with E-state index in [4.69, 9.17) is 15.4 Å². The third-order valence-electron chi connectivity index (χ3n) is 6.48. The maximum absolute atomic E-state index is 14.4. The summed E-state index contributed by atoms with van der Waals surface area (Å²) in [6, 6.07) is 14.8. The van der Waals surface area contributed by atoms with Crippen LogP contribution < -0.4 is 15.4 Å². The van der Waals surface area contributed by atoms with Gasteiger partial charge in [0.15, 0.2) is 23.0 Å². The summed E-state index contributed by atoms with van der Waals surface area (Å²) in [5, 5.41) is 5.39. The number of aromatic nitrogens is 5. The van der Waals surface area contributed by atoms with Crippen molar-refractivity contribution in [1.82, 2.24) is 29.6 Å². The number of carbonyl (C=O) groups is 1. The molecule has 0 saturated carbocycles. The first-order valence-corrected chi connectivity index (χ1v) is 12.2. The van der Waals surface area contributed by atoms with Crippen molar-refractivity contribution < 1.29 is 23.5 Å². The molecule has 11 nitrogen and oxygen atoms in total. The van der Waals surface area contributed by atoms with Crippen molar-refractivity contribution in [2.24, 2.45) is 5.90 Å². The van der Waals surface area contributed by atoms with E-state index >= 15 is 0 Å². The van der Waals surface area contributed by atoms with Gasteiger partial charge in [-0.05, 0) is 35.9 Å². The van der Waals surface area contributed by atoms with Crippen LogP contribution in [0.15, 0.2) is 73.2 Å². The molecule has 1 amide bonds. The number of hydrogen-bond acceptors (Lipinski definition) is 9. The van der Waals surface area contributed by atoms with Crippen molar-refractivity contribution in [1.29, 1.82) is 0 Å². The molecule has 1 unspecified atom stereocenters. The first-order valence-electron chi connectivity index (χ1n) is 12.2. The standard InChI is InChI=1S/C28H26FN7O4/c1-35(28(37)40-30)25(17-10-11-22(38-2)23(13-17)39-3)19-14-32-26(33-15-19)24-20-8-6-12-31-27(20)36(34-24)16-18-7-4-5-9-21(18)29/h4-15,25H,16,30H2,1-3H3. The van der Waals surface area contributed by atoms with E-state index in [2.05, 4.69) is 24.9 Å². The molecule has 0 bridgehead atoms. The second kappa shape index (κ2) is 11.3. The highest BCUT2D eigenvalue weighted by Gasteiger charge is 2.27. The molecule has 1 atom stereocenters. The van der Waals surface area contributed by atoms with Crippen LogP contribution in [-0.4, -0.2) is 57.0 Å². The quantitative estimate of drug-likeness (QED) is 0.287. The van der Waals surface area contributed by atoms with E-state index in [0.29, 0.717) is 50.7 Å². The molecule has 3 aromatic heterocycles. The van der Waals surface area contributed by atoms with Gasteiger partial charge in [0.25, 0.3) is 0 Å². The maximum atomic E-state index is 14.4. The number of rotatable bonds is 8. The molecule has 2 N–H and O–H groups in total. The molecule has 0 fully saturated rings. The average Bonchev–Trinajstić information content (AvgIpc) is 3.36. The van der Waals surface area contributed by atoms with Gasteiger partial charge in [-0.2, -0.15) is 11.0 Å². The number of hydrogen-bond donors (Lipinski definition) is 1. The van der Waals surface area contributed by atoms with Gasteiger partial charge in [0.1, 0.15) is 11.5 Å². The molecule has 5 rings (SSSR count). The van der Waals surface area contributed by atoms with Gasteiger partial charge in [0, 0.05) is 36.8 Å². The van der Waals surface area contributed by atoms with Gasteiger partial charge in [-0.25, -0.2) is 28.8 Å². The highest BCUT2D eigenvalue weighted by molar-refractivity contribution is 5.89. The fraction of sp³-hybridized carbons (Fsp3) is 0.179. The van der Waals surface area contributed by atoms with E-state index in [9.17, 15) is 9.18 Å². The van der Waals surface area contributed by atoms with Crippen molar-refractivity contribution in [2.45, 2.75) is 12.6 Å². The van der Waals surface area contributed by atoms with Crippen LogP contribution in [0.5, 0.6) is 11.5 Å². The monoisotopic (exact) mass is 543 g/mol. The number of nitrogens with two attached hydrogens (primary N) is 1. The molecular formula is C28H26FN7O4. The first kappa shape index (κ1) is 26.5. The molecule has 204 valence electrons. The minimum atomic E-state index is -0.757. The summed E-state index contributed by atoms with van der Waals surface area (Å²) in [5.74, 6) is 6.21. The van der Waals surface area contributed by atoms with Crippen LogP contribution in [0, 0.1) is 5.82 Å². The Morgan fingerprint density at radius 3 is 2.45 bits per heavy atom. The third-order valence-corrected chi connectivity index (χ3v) is 6.48. The molecule has 40 heavy (non-hydrogen) atoms. The van der Waals surface area contributed by atoms with Crippen LogP contribution in [0.4, 0.5) is 9.18 Å². The van der Waals surface area contributed by atoms with Gasteiger partial charge in [-0.15, -0.1) is 0 Å². The van der Waals surface area contributed by atoms with Gasteiger partial charge >= 0.3 is 6.09 Å². The highest BCUT2D eigenvalue weighted by atomic mass is 19.1. The van der Waals surface area contributed by atoms with Crippen LogP contribution in [-0.2, 0) is 11.4 Å². The van der Waals surface area contributed by atoms with E-state index in [0.717, 1.165) is 0 Å². The number of pyridine rings is 1. The Morgan fingerprint density at radius 2 is 1.75 bits per heavy atom. The van der Waals surface area contributed by atoms with E-state index in [1.54, 1.807) is 72.8 Å². The maximum Gasteiger partial charge on any atom is 0.429 e. The summed E-state index contributed by atoms with van der Waals surface area (Å²) in [5.41, 5.74) is 2.81. The molecule has 0 aliphatic rings. The zero-order chi connectivity index (χ0) is 28.2. The zero-order valence-corrected chi connectivity index (χ0v) is 22.0. The number of methoxy groups -OCH3 is 2. The third kappa shape index (κ3) is 4.99. The Bertz CT molecular complexity index is 1660. The Labute approximate surface area is 228 Å². The van der Waals surface area contributed by atoms with E-state index in [-0.39, 0.29) is 12.4 Å². The predicted octanol–water partition coefficient (Wildman–Crippen LogP) is 4.12. The fourth-order valence-electron chi connectivity index (χ4n) is 4.53. The smallest absolute Gasteiger partial charge is 0.429 e. The summed E-state index contributed by atoms with van der Waals surface area (Å²) >= 11 is 0. The number of halogens is 1. The van der Waals surface area contributed by atoms with Crippen LogP contribution in [0.1, 0.15) is 22.7 Å². The van der Waals surface area contributed by atoms with Crippen LogP contribution in [0.25, 0.3) is 22.6 Å². The number of nitrogens with zero attached hydrogens (tertiary/aromatic N) is 6. The summed E-state index contributed by atoms with van der Waals surface area (Å²) in [6.45, 7) is 0.186. The summed E-state index contributed by atoms with van der Waals surface area (Å²) in [4.78, 5) is 31.8. The minimum absolute atomic E-state index is 0.186. The second-order valence-electron chi connectivity index (χ2n) is 8.82. The summed E-state index contributed by atoms with van der Waals surface area (Å²) < 4.78 is 26.8. The molecule has 3 heterocycles. The molecule has 0 saturated heterocycles. The number of amides is 1. The van der Waals surface area contributed by atoms with Crippen molar-refractivity contribution in [2.75, 3.05) is 21.3 Å². The number of ether oxygens (including phenoxy) is 2. The van der Waals surface area contributed by atoms with E-state index in [1.165, 1.54) is 25.2 Å². The van der Waals surface area contributed by atoms with Gasteiger partial charge in [0.05, 0.1) is 32.2 Å². The molecule has 0 spiro atoms. The SMILES string of the molecule is COc1ccc(C(c2cnc(-c3nn(Cc4ccccc4F)c4ncccc34)nc2)N(C)C(=O)ON)cc1OC. The van der Waals surface area contributed by atoms with Gasteiger partial charge < -0.3 is 14.3 Å². The lowest BCUT2D eigenvalue weighted by atomic mass is 9.99. The van der Waals surface area contributed by atoms with E-state index in [1.807, 2.05) is 6.07 Å². The van der Waals surface area contributed by atoms with Gasteiger partial charge in [-0.1, -0.05) is 24.3 Å². The highest BCUT2D eigenvalue weighted by Crippen LogP contribution is 2.35. The lowest BCUT2D eigenvalue weighted by molar-refractivity contribution is 0.103. The predicted molar refractivity (Wildman–Crippen MR) is 144 cm³/mol. The Kier molecular flexibility index (Phi) is 7.51. The van der Waals surface area contributed by atoms with Crippen LogP contribution in [0.3, 0.4) is 0 Å². The summed E-state index contributed by atoms with van der Waals surface area (Å²) in [6.07, 6.45) is 4.09. The minimum Gasteiger partial charge on any atom is -0.493 e. The topological polar surface area (TPSA) is 131 Å². The molecular weight excluding hydrogens is 517 g/mol. The Morgan fingerprint density at radius 1 is 1.00 bits per heavy atom. The normalized spacial score (nSPS) is 11.7. The Hall–Kier alpha value is -5.10. The largest absolute Gasteiger partial charge is 0.493 e. The van der Waals surface area contributed by atoms with Crippen molar-refractivity contribution in [3.8, 4) is 23.0 Å². The lowest BCUT2D eigenvalue weighted by Crippen LogP contribution is -2.34. The average molecular weight is 544 g/mol. The van der Waals surface area contributed by atoms with E-state index < -0.39 is 12.1 Å². The van der Waals surface area contributed by atoms with Crippen molar-refractivity contribution in [3.63, 3.8) is 0 Å². The molecule has 5 aromatic rings. The van der Waals surface area contributed by atoms with Gasteiger partial charge in [-0.3, -0.25) is 4.90 Å². The van der Waals surface area contributed by atoms with Crippen LogP contribution >= 0.6 is 0 Å². The zero-order valence-electron chi connectivity index (χ0n) is 22.0. The Balaban J connectivity index is 1.54. The summed E-state index contributed by atoms with van der Waals surface area (Å²) in [7, 11) is 4.61. The fourth-order valence-corrected chi connectivity index (χ4v) is 4.53.